The molecule has 0 heteroatoms. The van der Waals surface area contributed by atoms with Gasteiger partial charge in [-0.05, 0) is 24.7 Å². The van der Waals surface area contributed by atoms with Crippen LogP contribution in [0.25, 0.3) is 0 Å². The van der Waals surface area contributed by atoms with Crippen LogP contribution in [-0.4, -0.2) is 0 Å². The fourth-order valence-corrected chi connectivity index (χ4v) is 1.15. The van der Waals surface area contributed by atoms with Gasteiger partial charge in [0.25, 0.3) is 0 Å². The predicted octanol–water partition coefficient (Wildman–Crippen LogP) is 3.33. The second-order valence-electron chi connectivity index (χ2n) is 3.02. The van der Waals surface area contributed by atoms with E-state index in [2.05, 4.69) is 43.9 Å². The lowest BCUT2D eigenvalue weighted by atomic mass is 10.3. The zero-order valence-electron chi connectivity index (χ0n) is 7.16. The maximum absolute atomic E-state index is 3.77. The maximum Gasteiger partial charge on any atom is -0.0161 e. The summed E-state index contributed by atoms with van der Waals surface area (Å²) in [6.45, 7) is 5.91. The van der Waals surface area contributed by atoms with Gasteiger partial charge in [-0.3, -0.25) is 0 Å². The van der Waals surface area contributed by atoms with Crippen molar-refractivity contribution in [2.75, 3.05) is 0 Å². The molecule has 0 heterocycles. The molecule has 11 heavy (non-hydrogen) atoms. The quantitative estimate of drug-likeness (QED) is 0.424. The van der Waals surface area contributed by atoms with Crippen molar-refractivity contribution in [3.8, 4) is 0 Å². The summed E-state index contributed by atoms with van der Waals surface area (Å²) in [7, 11) is 0. The van der Waals surface area contributed by atoms with Crippen molar-refractivity contribution in [1.82, 2.24) is 0 Å². The van der Waals surface area contributed by atoms with Gasteiger partial charge >= 0.3 is 0 Å². The van der Waals surface area contributed by atoms with Crippen LogP contribution in [0.3, 0.4) is 0 Å². The van der Waals surface area contributed by atoms with Gasteiger partial charge in [0.2, 0.25) is 0 Å². The molecule has 1 aliphatic rings. The smallest absolute Gasteiger partial charge is 0.0161 e. The molecule has 0 spiro atoms. The zero-order valence-corrected chi connectivity index (χ0v) is 7.16. The molecule has 0 saturated heterocycles. The van der Waals surface area contributed by atoms with E-state index in [-0.39, 0.29) is 0 Å². The highest BCUT2D eigenvalue weighted by molar-refractivity contribution is 5.13. The average Bonchev–Trinajstić information content (AvgIpc) is 2.77. The normalized spacial score (nSPS) is 29.9. The topological polar surface area (TPSA) is 0 Å². The Morgan fingerprint density at radius 2 is 2.18 bits per heavy atom. The molecule has 0 aromatic carbocycles. The van der Waals surface area contributed by atoms with E-state index >= 15 is 0 Å². The lowest BCUT2D eigenvalue weighted by Gasteiger charge is -1.80. The van der Waals surface area contributed by atoms with E-state index in [0.717, 1.165) is 18.3 Å². The van der Waals surface area contributed by atoms with E-state index in [9.17, 15) is 0 Å². The lowest BCUT2D eigenvalue weighted by molar-refractivity contribution is 0.998. The van der Waals surface area contributed by atoms with E-state index in [1.807, 2.05) is 0 Å². The Kier molecular flexibility index (Phi) is 3.15. The highest BCUT2D eigenvalue weighted by Gasteiger charge is 2.30. The largest absolute Gasteiger partial charge is 0.103 e. The summed E-state index contributed by atoms with van der Waals surface area (Å²) >= 11 is 0. The molecule has 0 amide bonds. The zero-order chi connectivity index (χ0) is 8.10. The molecule has 0 radical (unpaired) electrons. The lowest BCUT2D eigenvalue weighted by Crippen LogP contribution is -1.68. The molecule has 0 nitrogen and oxygen atoms in total. The Labute approximate surface area is 69.3 Å². The third-order valence-corrected chi connectivity index (χ3v) is 2.04. The molecular formula is C11H16. The maximum atomic E-state index is 3.77. The molecule has 1 fully saturated rings. The molecular weight excluding hydrogens is 132 g/mol. The monoisotopic (exact) mass is 148 g/mol. The molecule has 0 bridgehead atoms. The van der Waals surface area contributed by atoms with E-state index in [4.69, 9.17) is 0 Å². The number of rotatable bonds is 4. The van der Waals surface area contributed by atoms with Crippen molar-refractivity contribution < 1.29 is 0 Å². The van der Waals surface area contributed by atoms with Crippen molar-refractivity contribution in [2.45, 2.75) is 19.8 Å². The van der Waals surface area contributed by atoms with Gasteiger partial charge in [0.1, 0.15) is 0 Å². The minimum absolute atomic E-state index is 0.765. The molecule has 0 aromatic heterocycles. The van der Waals surface area contributed by atoms with E-state index in [0.29, 0.717) is 0 Å². The molecule has 1 saturated carbocycles. The van der Waals surface area contributed by atoms with Crippen LogP contribution in [0.1, 0.15) is 19.8 Å². The van der Waals surface area contributed by atoms with Gasteiger partial charge in [-0.15, -0.1) is 6.58 Å². The van der Waals surface area contributed by atoms with Crippen molar-refractivity contribution in [2.24, 2.45) is 11.8 Å². The Hall–Kier alpha value is -0.780. The SMILES string of the molecule is C=CC1CC1/C=C\C=C/CC. The van der Waals surface area contributed by atoms with Gasteiger partial charge in [0.05, 0.1) is 0 Å². The Morgan fingerprint density at radius 3 is 2.73 bits per heavy atom. The van der Waals surface area contributed by atoms with Gasteiger partial charge in [-0.1, -0.05) is 37.3 Å². The molecule has 0 aromatic rings. The first-order valence-electron chi connectivity index (χ1n) is 4.34. The summed E-state index contributed by atoms with van der Waals surface area (Å²) in [6, 6.07) is 0. The van der Waals surface area contributed by atoms with E-state index in [1.54, 1.807) is 0 Å². The summed E-state index contributed by atoms with van der Waals surface area (Å²) in [5.74, 6) is 1.55. The van der Waals surface area contributed by atoms with Crippen LogP contribution in [0.15, 0.2) is 37.0 Å². The standard InChI is InChI=1S/C11H16/c1-3-5-6-7-8-11-9-10(11)4-2/h4-8,10-11H,2-3,9H2,1H3/b6-5-,8-7-. The second-order valence-corrected chi connectivity index (χ2v) is 3.02. The average molecular weight is 148 g/mol. The third kappa shape index (κ3) is 2.75. The van der Waals surface area contributed by atoms with Gasteiger partial charge in [0.15, 0.2) is 0 Å². The van der Waals surface area contributed by atoms with Crippen molar-refractivity contribution in [3.63, 3.8) is 0 Å². The van der Waals surface area contributed by atoms with Crippen molar-refractivity contribution >= 4 is 0 Å². The Morgan fingerprint density at radius 1 is 1.36 bits per heavy atom. The van der Waals surface area contributed by atoms with Crippen LogP contribution < -0.4 is 0 Å². The summed E-state index contributed by atoms with van der Waals surface area (Å²) in [6.07, 6.45) is 13.2. The Bertz CT molecular complexity index is 174. The van der Waals surface area contributed by atoms with E-state index < -0.39 is 0 Å². The summed E-state index contributed by atoms with van der Waals surface area (Å²) in [5.41, 5.74) is 0. The third-order valence-electron chi connectivity index (χ3n) is 2.04. The second kappa shape index (κ2) is 4.17. The molecule has 1 aliphatic carbocycles. The highest BCUT2D eigenvalue weighted by Crippen LogP contribution is 2.40. The van der Waals surface area contributed by atoms with Gasteiger partial charge < -0.3 is 0 Å². The fraction of sp³-hybridized carbons (Fsp3) is 0.455. The minimum atomic E-state index is 0.765. The first kappa shape index (κ1) is 8.32. The Balaban J connectivity index is 2.17. The van der Waals surface area contributed by atoms with Crippen molar-refractivity contribution in [3.05, 3.63) is 37.0 Å². The molecule has 1 rings (SSSR count). The number of hydrogen-bond donors (Lipinski definition) is 0. The summed E-state index contributed by atoms with van der Waals surface area (Å²) < 4.78 is 0. The summed E-state index contributed by atoms with van der Waals surface area (Å²) in [4.78, 5) is 0. The fourth-order valence-electron chi connectivity index (χ4n) is 1.15. The van der Waals surface area contributed by atoms with Crippen LogP contribution in [-0.2, 0) is 0 Å². The molecule has 2 unspecified atom stereocenters. The van der Waals surface area contributed by atoms with Crippen LogP contribution in [0.5, 0.6) is 0 Å². The number of hydrogen-bond acceptors (Lipinski definition) is 0. The minimum Gasteiger partial charge on any atom is -0.103 e. The van der Waals surface area contributed by atoms with Crippen LogP contribution in [0.4, 0.5) is 0 Å². The first-order valence-corrected chi connectivity index (χ1v) is 4.34. The van der Waals surface area contributed by atoms with Crippen LogP contribution >= 0.6 is 0 Å². The molecule has 0 N–H and O–H groups in total. The van der Waals surface area contributed by atoms with Gasteiger partial charge in [-0.25, -0.2) is 0 Å². The molecule has 2 atom stereocenters. The van der Waals surface area contributed by atoms with Crippen LogP contribution in [0.2, 0.25) is 0 Å². The number of allylic oxidation sites excluding steroid dienone is 5. The summed E-state index contributed by atoms with van der Waals surface area (Å²) in [5, 5.41) is 0. The molecule has 60 valence electrons. The highest BCUT2D eigenvalue weighted by atomic mass is 14.3. The predicted molar refractivity (Wildman–Crippen MR) is 50.4 cm³/mol. The van der Waals surface area contributed by atoms with Gasteiger partial charge in [-0.2, -0.15) is 0 Å². The van der Waals surface area contributed by atoms with Crippen LogP contribution in [0, 0.1) is 11.8 Å². The van der Waals surface area contributed by atoms with E-state index in [1.165, 1.54) is 6.42 Å². The molecule has 0 aliphatic heterocycles. The van der Waals surface area contributed by atoms with Gasteiger partial charge in [0, 0.05) is 0 Å². The van der Waals surface area contributed by atoms with Crippen molar-refractivity contribution in [1.29, 1.82) is 0 Å². The first-order chi connectivity index (χ1) is 5.38.